The molecule has 0 bridgehead atoms. The Hall–Kier alpha value is -0.500. The first-order chi connectivity index (χ1) is 7.01. The molecule has 1 aliphatic heterocycles. The Morgan fingerprint density at radius 3 is 2.53 bits per heavy atom. The van der Waals surface area contributed by atoms with Crippen LogP contribution in [-0.4, -0.2) is 64.8 Å². The van der Waals surface area contributed by atoms with Gasteiger partial charge in [-0.1, -0.05) is 0 Å². The van der Waals surface area contributed by atoms with E-state index in [0.29, 0.717) is 26.3 Å². The van der Waals surface area contributed by atoms with Crippen molar-refractivity contribution in [2.24, 2.45) is 0 Å². The maximum Gasteiger partial charge on any atom is 0.265 e. The van der Waals surface area contributed by atoms with E-state index in [1.54, 1.807) is 6.29 Å². The van der Waals surface area contributed by atoms with Gasteiger partial charge in [-0.05, 0) is 0 Å². The molecule has 0 spiro atoms. The highest BCUT2D eigenvalue weighted by molar-refractivity contribution is 7.86. The zero-order chi connectivity index (χ0) is 11.3. The Bertz CT molecular complexity index is 296. The molecule has 1 rings (SSSR count). The van der Waals surface area contributed by atoms with Gasteiger partial charge in [0.05, 0.1) is 19.5 Å². The van der Waals surface area contributed by atoms with Crippen LogP contribution in [0.2, 0.25) is 0 Å². The maximum absolute atomic E-state index is 10.8. The summed E-state index contributed by atoms with van der Waals surface area (Å²) in [5.41, 5.74) is 0. The van der Waals surface area contributed by atoms with E-state index in [1.165, 1.54) is 0 Å². The highest BCUT2D eigenvalue weighted by Crippen LogP contribution is 2.02. The fourth-order valence-electron chi connectivity index (χ4n) is 1.32. The molecule has 0 saturated carbocycles. The van der Waals surface area contributed by atoms with Gasteiger partial charge in [0.1, 0.15) is 0 Å². The maximum atomic E-state index is 10.8. The van der Waals surface area contributed by atoms with Crippen LogP contribution in [0.1, 0.15) is 0 Å². The van der Waals surface area contributed by atoms with E-state index >= 15 is 0 Å². The molecule has 1 unspecified atom stereocenters. The van der Waals surface area contributed by atoms with Crippen LogP contribution in [0.25, 0.3) is 0 Å². The molecule has 0 aromatic heterocycles. The number of ether oxygens (including phenoxy) is 1. The van der Waals surface area contributed by atoms with Gasteiger partial charge in [-0.2, -0.15) is 8.42 Å². The molecular formula is C8H14NO5S. The van der Waals surface area contributed by atoms with E-state index in [1.807, 2.05) is 4.90 Å². The van der Waals surface area contributed by atoms with Crippen LogP contribution in [0, 0.1) is 0 Å². The lowest BCUT2D eigenvalue weighted by Crippen LogP contribution is -2.42. The first-order valence-corrected chi connectivity index (χ1v) is 6.39. The van der Waals surface area contributed by atoms with Crippen LogP contribution < -0.4 is 0 Å². The highest BCUT2D eigenvalue weighted by atomic mass is 32.2. The summed E-state index contributed by atoms with van der Waals surface area (Å²) in [6.45, 7) is 2.76. The van der Waals surface area contributed by atoms with E-state index in [4.69, 9.17) is 4.74 Å². The average molecular weight is 236 g/mol. The number of morpholine rings is 1. The molecule has 0 N–H and O–H groups in total. The second-order valence-electron chi connectivity index (χ2n) is 3.32. The second kappa shape index (κ2) is 5.55. The SMILES string of the molecule is CS(=O)(=O)OC([C]=O)CN1CCOCC1. The zero-order valence-corrected chi connectivity index (χ0v) is 9.33. The standard InChI is InChI=1S/C8H14NO5S/c1-15(11,12)14-8(7-10)6-9-2-4-13-5-3-9/h8H,2-6H2,1H3. The van der Waals surface area contributed by atoms with Crippen molar-refractivity contribution in [1.82, 2.24) is 4.90 Å². The number of rotatable bonds is 5. The van der Waals surface area contributed by atoms with Gasteiger partial charge < -0.3 is 4.74 Å². The van der Waals surface area contributed by atoms with Gasteiger partial charge in [0.15, 0.2) is 6.10 Å². The molecule has 0 amide bonds. The first kappa shape index (κ1) is 12.6. The monoisotopic (exact) mass is 236 g/mol. The topological polar surface area (TPSA) is 72.9 Å². The van der Waals surface area contributed by atoms with E-state index in [2.05, 4.69) is 4.18 Å². The summed E-state index contributed by atoms with van der Waals surface area (Å²) in [5, 5.41) is 0. The third kappa shape index (κ3) is 5.22. The van der Waals surface area contributed by atoms with Crippen molar-refractivity contribution in [3.63, 3.8) is 0 Å². The van der Waals surface area contributed by atoms with Crippen molar-refractivity contribution < 1.29 is 22.1 Å². The Balaban J connectivity index is 2.42. The fraction of sp³-hybridized carbons (Fsp3) is 0.875. The molecule has 1 heterocycles. The Labute approximate surface area is 89.3 Å². The molecule has 1 fully saturated rings. The minimum atomic E-state index is -3.61. The minimum Gasteiger partial charge on any atom is -0.379 e. The highest BCUT2D eigenvalue weighted by Gasteiger charge is 2.20. The predicted octanol–water partition coefficient (Wildman–Crippen LogP) is -1.23. The average Bonchev–Trinajstić information content (AvgIpc) is 2.16. The van der Waals surface area contributed by atoms with Crippen molar-refractivity contribution in [3.05, 3.63) is 0 Å². The molecule has 6 nitrogen and oxygen atoms in total. The molecule has 0 aromatic carbocycles. The van der Waals surface area contributed by atoms with Crippen LogP contribution in [-0.2, 0) is 23.8 Å². The number of hydrogen-bond acceptors (Lipinski definition) is 6. The summed E-state index contributed by atoms with van der Waals surface area (Å²) in [7, 11) is -3.61. The number of nitrogens with zero attached hydrogens (tertiary/aromatic N) is 1. The lowest BCUT2D eigenvalue weighted by molar-refractivity contribution is 0.0277. The van der Waals surface area contributed by atoms with Gasteiger partial charge >= 0.3 is 0 Å². The van der Waals surface area contributed by atoms with Crippen molar-refractivity contribution in [3.8, 4) is 0 Å². The van der Waals surface area contributed by atoms with Crippen LogP contribution in [0.4, 0.5) is 0 Å². The van der Waals surface area contributed by atoms with E-state index in [0.717, 1.165) is 6.26 Å². The molecule has 0 aromatic rings. The van der Waals surface area contributed by atoms with Crippen LogP contribution in [0.15, 0.2) is 0 Å². The van der Waals surface area contributed by atoms with Crippen molar-refractivity contribution in [2.75, 3.05) is 39.1 Å². The number of hydrogen-bond donors (Lipinski definition) is 0. The van der Waals surface area contributed by atoms with Gasteiger partial charge in [-0.3, -0.25) is 13.9 Å². The molecule has 1 aliphatic rings. The first-order valence-electron chi connectivity index (χ1n) is 4.57. The molecule has 87 valence electrons. The molecule has 1 radical (unpaired) electrons. The Kier molecular flexibility index (Phi) is 4.65. The molecular weight excluding hydrogens is 222 g/mol. The van der Waals surface area contributed by atoms with Gasteiger partial charge in [0.2, 0.25) is 6.29 Å². The largest absolute Gasteiger partial charge is 0.379 e. The minimum absolute atomic E-state index is 0.236. The normalized spacial score (nSPS) is 21.1. The molecule has 1 saturated heterocycles. The predicted molar refractivity (Wildman–Crippen MR) is 52.7 cm³/mol. The third-order valence-corrected chi connectivity index (χ3v) is 2.53. The third-order valence-electron chi connectivity index (χ3n) is 1.95. The van der Waals surface area contributed by atoms with Gasteiger partial charge in [0.25, 0.3) is 10.1 Å². The second-order valence-corrected chi connectivity index (χ2v) is 4.92. The van der Waals surface area contributed by atoms with Crippen LogP contribution in [0.5, 0.6) is 0 Å². The zero-order valence-electron chi connectivity index (χ0n) is 8.51. The number of carbonyl (C=O) groups excluding carboxylic acids is 1. The van der Waals surface area contributed by atoms with Gasteiger partial charge in [-0.15, -0.1) is 0 Å². The van der Waals surface area contributed by atoms with E-state index in [-0.39, 0.29) is 6.54 Å². The van der Waals surface area contributed by atoms with Crippen LogP contribution in [0.3, 0.4) is 0 Å². The summed E-state index contributed by atoms with van der Waals surface area (Å²) in [6.07, 6.45) is 1.44. The Morgan fingerprint density at radius 2 is 2.07 bits per heavy atom. The fourth-order valence-corrected chi connectivity index (χ4v) is 1.84. The van der Waals surface area contributed by atoms with E-state index in [9.17, 15) is 13.2 Å². The van der Waals surface area contributed by atoms with E-state index < -0.39 is 16.2 Å². The summed E-state index contributed by atoms with van der Waals surface area (Å²) in [6, 6.07) is 0. The lowest BCUT2D eigenvalue weighted by Gasteiger charge is -2.27. The quantitative estimate of drug-likeness (QED) is 0.557. The van der Waals surface area contributed by atoms with Crippen LogP contribution >= 0.6 is 0 Å². The molecule has 15 heavy (non-hydrogen) atoms. The van der Waals surface area contributed by atoms with Crippen molar-refractivity contribution in [1.29, 1.82) is 0 Å². The molecule has 0 aliphatic carbocycles. The lowest BCUT2D eigenvalue weighted by atomic mass is 10.3. The van der Waals surface area contributed by atoms with Gasteiger partial charge in [0, 0.05) is 19.6 Å². The Morgan fingerprint density at radius 1 is 1.47 bits per heavy atom. The van der Waals surface area contributed by atoms with Crippen molar-refractivity contribution in [2.45, 2.75) is 6.10 Å². The van der Waals surface area contributed by atoms with Crippen molar-refractivity contribution >= 4 is 16.4 Å². The summed E-state index contributed by atoms with van der Waals surface area (Å²) >= 11 is 0. The summed E-state index contributed by atoms with van der Waals surface area (Å²) < 4.78 is 31.3. The summed E-state index contributed by atoms with van der Waals surface area (Å²) in [4.78, 5) is 12.4. The van der Waals surface area contributed by atoms with Gasteiger partial charge in [-0.25, -0.2) is 0 Å². The molecule has 7 heteroatoms. The molecule has 1 atom stereocenters. The summed E-state index contributed by atoms with van der Waals surface area (Å²) in [5.74, 6) is 0. The smallest absolute Gasteiger partial charge is 0.265 e.